The van der Waals surface area contributed by atoms with E-state index in [1.54, 1.807) is 69.3 Å². The highest BCUT2D eigenvalue weighted by Crippen LogP contribution is 2.26. The zero-order valence-corrected chi connectivity index (χ0v) is 19.7. The number of anilines is 2. The van der Waals surface area contributed by atoms with Gasteiger partial charge in [0.1, 0.15) is 42.2 Å². The lowest BCUT2D eigenvalue weighted by atomic mass is 10.0. The Bertz CT molecular complexity index is 1140. The molecule has 174 valence electrons. The minimum atomic E-state index is -1.26. The van der Waals surface area contributed by atoms with Crippen LogP contribution in [0.25, 0.3) is 5.57 Å². The molecule has 2 rings (SSSR count). The standard InChI is InChI=1S/C26H27N5O3/c1-5-30(21-8-6-19(7-9-21)24(18-29)20(16-27)17-28)14-15-34-23-12-10-22(11-13-23)31(25(32)33)26(2,3)4/h6-13H,5,14-15H2,1-4H3,(H,32,33)/p-1. The number of carboxylic acid groups (broad SMARTS) is 1. The average molecular weight is 457 g/mol. The van der Waals surface area contributed by atoms with Crippen molar-refractivity contribution in [1.82, 2.24) is 0 Å². The number of benzene rings is 2. The molecule has 2 aromatic rings. The molecule has 0 N–H and O–H groups in total. The molecule has 0 aromatic heterocycles. The van der Waals surface area contributed by atoms with Crippen LogP contribution in [0.1, 0.15) is 33.3 Å². The van der Waals surface area contributed by atoms with Gasteiger partial charge in [-0.25, -0.2) is 0 Å². The minimum absolute atomic E-state index is 0.0510. The molecule has 0 aliphatic carbocycles. The second-order valence-electron chi connectivity index (χ2n) is 8.33. The Balaban J connectivity index is 2.05. The van der Waals surface area contributed by atoms with Crippen molar-refractivity contribution >= 4 is 23.0 Å². The predicted octanol–water partition coefficient (Wildman–Crippen LogP) is 3.86. The Labute approximate surface area is 200 Å². The molecule has 0 atom stereocenters. The number of nitriles is 3. The summed E-state index contributed by atoms with van der Waals surface area (Å²) in [6, 6.07) is 19.3. The largest absolute Gasteiger partial charge is 0.530 e. The lowest BCUT2D eigenvalue weighted by molar-refractivity contribution is -0.247. The number of carbonyl (C=O) groups is 1. The third-order valence-corrected chi connectivity index (χ3v) is 5.07. The topological polar surface area (TPSA) is 127 Å². The van der Waals surface area contributed by atoms with E-state index in [0.717, 1.165) is 12.2 Å². The molecule has 0 bridgehead atoms. The van der Waals surface area contributed by atoms with Crippen molar-refractivity contribution in [2.45, 2.75) is 33.2 Å². The maximum Gasteiger partial charge on any atom is 0.148 e. The average Bonchev–Trinajstić information content (AvgIpc) is 2.80. The van der Waals surface area contributed by atoms with Gasteiger partial charge in [0.25, 0.3) is 0 Å². The van der Waals surface area contributed by atoms with Crippen LogP contribution in [0.15, 0.2) is 54.1 Å². The van der Waals surface area contributed by atoms with Crippen molar-refractivity contribution in [2.24, 2.45) is 0 Å². The molecule has 34 heavy (non-hydrogen) atoms. The minimum Gasteiger partial charge on any atom is -0.530 e. The van der Waals surface area contributed by atoms with Crippen LogP contribution >= 0.6 is 0 Å². The summed E-state index contributed by atoms with van der Waals surface area (Å²) in [7, 11) is 0. The zero-order valence-electron chi connectivity index (χ0n) is 19.7. The molecule has 0 aliphatic heterocycles. The first-order valence-electron chi connectivity index (χ1n) is 10.7. The van der Waals surface area contributed by atoms with E-state index in [9.17, 15) is 15.2 Å². The maximum absolute atomic E-state index is 11.5. The molecule has 0 aliphatic rings. The first-order chi connectivity index (χ1) is 16.2. The van der Waals surface area contributed by atoms with Crippen LogP contribution in [0.3, 0.4) is 0 Å². The van der Waals surface area contributed by atoms with Gasteiger partial charge >= 0.3 is 0 Å². The number of allylic oxidation sites excluding steroid dienone is 2. The van der Waals surface area contributed by atoms with Gasteiger partial charge in [0, 0.05) is 23.5 Å². The Hall–Kier alpha value is -4.48. The van der Waals surface area contributed by atoms with Crippen LogP contribution in [0.4, 0.5) is 16.2 Å². The highest BCUT2D eigenvalue weighted by atomic mass is 16.5. The molecule has 8 nitrogen and oxygen atoms in total. The summed E-state index contributed by atoms with van der Waals surface area (Å²) in [5.74, 6) is 0.617. The molecule has 2 aromatic carbocycles. The summed E-state index contributed by atoms with van der Waals surface area (Å²) in [5.41, 5.74) is 1.14. The number of hydrogen-bond donors (Lipinski definition) is 0. The van der Waals surface area contributed by atoms with E-state index in [0.29, 0.717) is 30.2 Å². The van der Waals surface area contributed by atoms with E-state index in [1.807, 2.05) is 25.1 Å². The highest BCUT2D eigenvalue weighted by Gasteiger charge is 2.22. The van der Waals surface area contributed by atoms with Crippen LogP contribution in [0.2, 0.25) is 0 Å². The van der Waals surface area contributed by atoms with Crippen LogP contribution in [-0.2, 0) is 0 Å². The van der Waals surface area contributed by atoms with Crippen LogP contribution < -0.4 is 19.6 Å². The summed E-state index contributed by atoms with van der Waals surface area (Å²) in [4.78, 5) is 14.8. The first kappa shape index (κ1) is 25.8. The number of nitrogens with zero attached hydrogens (tertiary/aromatic N) is 5. The highest BCUT2D eigenvalue weighted by molar-refractivity contribution is 5.86. The van der Waals surface area contributed by atoms with Crippen molar-refractivity contribution in [3.05, 3.63) is 59.7 Å². The fourth-order valence-corrected chi connectivity index (χ4v) is 3.44. The predicted molar refractivity (Wildman–Crippen MR) is 128 cm³/mol. The summed E-state index contributed by atoms with van der Waals surface area (Å²) in [5, 5.41) is 38.9. The van der Waals surface area contributed by atoms with E-state index >= 15 is 0 Å². The first-order valence-corrected chi connectivity index (χ1v) is 10.7. The van der Waals surface area contributed by atoms with Gasteiger partial charge in [-0.15, -0.1) is 0 Å². The molecule has 1 amide bonds. The SMILES string of the molecule is CCN(CCOc1ccc(N(C(=O)[O-])C(C)(C)C)cc1)c1ccc(C(C#N)=C(C#N)C#N)cc1. The van der Waals surface area contributed by atoms with Gasteiger partial charge in [0.05, 0.1) is 12.1 Å². The van der Waals surface area contributed by atoms with Gasteiger partial charge in [-0.1, -0.05) is 12.1 Å². The van der Waals surface area contributed by atoms with E-state index in [2.05, 4.69) is 4.90 Å². The van der Waals surface area contributed by atoms with Gasteiger partial charge in [-0.05, 0) is 69.7 Å². The Morgan fingerprint density at radius 1 is 0.941 bits per heavy atom. The summed E-state index contributed by atoms with van der Waals surface area (Å²) in [6.45, 7) is 9.10. The zero-order chi connectivity index (χ0) is 25.3. The molecule has 0 spiro atoms. The number of ether oxygens (including phenoxy) is 1. The summed E-state index contributed by atoms with van der Waals surface area (Å²) < 4.78 is 5.83. The number of rotatable bonds is 8. The number of likely N-dealkylation sites (N-methyl/N-ethyl adjacent to an activating group) is 1. The van der Waals surface area contributed by atoms with Crippen LogP contribution in [0, 0.1) is 34.0 Å². The van der Waals surface area contributed by atoms with Gasteiger partial charge < -0.3 is 24.4 Å². The van der Waals surface area contributed by atoms with Gasteiger partial charge in [0.15, 0.2) is 0 Å². The van der Waals surface area contributed by atoms with Crippen LogP contribution in [0.5, 0.6) is 5.75 Å². The number of hydrogen-bond acceptors (Lipinski definition) is 7. The molecule has 0 radical (unpaired) electrons. The number of amides is 1. The molecular weight excluding hydrogens is 430 g/mol. The second-order valence-corrected chi connectivity index (χ2v) is 8.33. The lowest BCUT2D eigenvalue weighted by Gasteiger charge is -2.37. The maximum atomic E-state index is 11.5. The smallest absolute Gasteiger partial charge is 0.148 e. The quantitative estimate of drug-likeness (QED) is 0.552. The monoisotopic (exact) mass is 456 g/mol. The molecule has 8 heteroatoms. The summed E-state index contributed by atoms with van der Waals surface area (Å²) in [6.07, 6.45) is -1.26. The molecule has 0 fully saturated rings. The lowest BCUT2D eigenvalue weighted by Crippen LogP contribution is -2.52. The van der Waals surface area contributed by atoms with Crippen molar-refractivity contribution in [2.75, 3.05) is 29.5 Å². The van der Waals surface area contributed by atoms with Crippen molar-refractivity contribution < 1.29 is 14.6 Å². The van der Waals surface area contributed by atoms with E-state index in [-0.39, 0.29) is 11.1 Å². The molecule has 0 heterocycles. The molecule has 0 unspecified atom stereocenters. The fraction of sp³-hybridized carbons (Fsp3) is 0.308. The second kappa shape index (κ2) is 11.4. The van der Waals surface area contributed by atoms with E-state index in [4.69, 9.17) is 15.3 Å². The Morgan fingerprint density at radius 2 is 1.50 bits per heavy atom. The third-order valence-electron chi connectivity index (χ3n) is 5.07. The Morgan fingerprint density at radius 3 is 1.94 bits per heavy atom. The molecular formula is C26H26N5O3-. The summed E-state index contributed by atoms with van der Waals surface area (Å²) >= 11 is 0. The van der Waals surface area contributed by atoms with Crippen molar-refractivity contribution in [3.63, 3.8) is 0 Å². The van der Waals surface area contributed by atoms with Gasteiger partial charge in [-0.2, -0.15) is 15.8 Å². The third kappa shape index (κ3) is 6.28. The Kier molecular flexibility index (Phi) is 8.65. The van der Waals surface area contributed by atoms with Gasteiger partial charge in [-0.3, -0.25) is 0 Å². The van der Waals surface area contributed by atoms with Gasteiger partial charge in [0.2, 0.25) is 0 Å². The van der Waals surface area contributed by atoms with Crippen molar-refractivity contribution in [1.29, 1.82) is 15.8 Å². The number of carbonyl (C=O) groups excluding carboxylic acids is 1. The van der Waals surface area contributed by atoms with Crippen molar-refractivity contribution in [3.8, 4) is 24.0 Å². The van der Waals surface area contributed by atoms with E-state index < -0.39 is 11.6 Å². The normalized spacial score (nSPS) is 10.3. The molecule has 0 saturated heterocycles. The van der Waals surface area contributed by atoms with Crippen LogP contribution in [-0.4, -0.2) is 31.3 Å². The molecule has 0 saturated carbocycles. The fourth-order valence-electron chi connectivity index (χ4n) is 3.44. The van der Waals surface area contributed by atoms with E-state index in [1.165, 1.54) is 4.90 Å².